The van der Waals surface area contributed by atoms with Crippen LogP contribution in [0.5, 0.6) is 5.75 Å². The maximum Gasteiger partial charge on any atom is 0.118 e. The molecule has 4 rings (SSSR count). The number of nitrogens with one attached hydrogen (secondary N) is 1. The van der Waals surface area contributed by atoms with Crippen LogP contribution in [0.15, 0.2) is 82.6 Å². The molecule has 0 atom stereocenters. The number of anilines is 1. The Morgan fingerprint density at radius 3 is 2.36 bits per heavy atom. The van der Waals surface area contributed by atoms with Gasteiger partial charge in [-0.2, -0.15) is 0 Å². The first-order valence-corrected chi connectivity index (χ1v) is 8.85. The Labute approximate surface area is 150 Å². The van der Waals surface area contributed by atoms with Gasteiger partial charge in [0.1, 0.15) is 5.75 Å². The molecule has 0 aliphatic carbocycles. The quantitative estimate of drug-likeness (QED) is 0.474. The number of nitrogens with two attached hydrogens (primary N) is 1. The van der Waals surface area contributed by atoms with E-state index in [2.05, 4.69) is 41.4 Å². The van der Waals surface area contributed by atoms with Crippen LogP contribution < -0.4 is 10.5 Å². The number of rotatable bonds is 4. The Morgan fingerprint density at radius 1 is 0.880 bits per heavy atom. The van der Waals surface area contributed by atoms with Gasteiger partial charge in [0.25, 0.3) is 0 Å². The number of hydrogen-bond donors (Lipinski definition) is 2. The number of hydrogen-bond acceptors (Lipinski definition) is 3. The lowest BCUT2D eigenvalue weighted by molar-refractivity contribution is 0.414. The lowest BCUT2D eigenvalue weighted by Gasteiger charge is -2.08. The highest BCUT2D eigenvalue weighted by molar-refractivity contribution is 7.99. The summed E-state index contributed by atoms with van der Waals surface area (Å²) in [7, 11) is 1.68. The summed E-state index contributed by atoms with van der Waals surface area (Å²) in [5.74, 6) is 0.857. The van der Waals surface area contributed by atoms with Gasteiger partial charge in [0.2, 0.25) is 0 Å². The minimum absolute atomic E-state index is 0.769. The predicted molar refractivity (Wildman–Crippen MR) is 105 cm³/mol. The summed E-state index contributed by atoms with van der Waals surface area (Å²) in [5.41, 5.74) is 10.2. The summed E-state index contributed by atoms with van der Waals surface area (Å²) >= 11 is 1.73. The molecule has 0 unspecified atom stereocenters. The zero-order valence-electron chi connectivity index (χ0n) is 13.8. The third-order valence-electron chi connectivity index (χ3n) is 4.17. The molecule has 0 radical (unpaired) electrons. The SMILES string of the molecule is COc1ccc(Sc2c(-c3ccccc3N)[nH]c3ccccc23)cc1. The number of para-hydroxylation sites is 2. The van der Waals surface area contributed by atoms with Crippen LogP contribution in [0.2, 0.25) is 0 Å². The van der Waals surface area contributed by atoms with E-state index in [0.29, 0.717) is 0 Å². The zero-order valence-corrected chi connectivity index (χ0v) is 14.6. The molecule has 0 aliphatic rings. The summed E-state index contributed by atoms with van der Waals surface area (Å²) in [4.78, 5) is 5.87. The van der Waals surface area contributed by atoms with E-state index >= 15 is 0 Å². The molecule has 4 heteroatoms. The average molecular weight is 346 g/mol. The highest BCUT2D eigenvalue weighted by Crippen LogP contribution is 2.42. The molecule has 1 heterocycles. The number of H-pyrrole nitrogens is 1. The molecule has 0 bridgehead atoms. The summed E-state index contributed by atoms with van der Waals surface area (Å²) in [6.45, 7) is 0. The fraction of sp³-hybridized carbons (Fsp3) is 0.0476. The van der Waals surface area contributed by atoms with Crippen molar-refractivity contribution in [2.75, 3.05) is 12.8 Å². The summed E-state index contributed by atoms with van der Waals surface area (Å²) in [6.07, 6.45) is 0. The number of benzene rings is 3. The number of aromatic amines is 1. The van der Waals surface area contributed by atoms with Gasteiger partial charge < -0.3 is 15.5 Å². The number of fused-ring (bicyclic) bond motifs is 1. The Bertz CT molecular complexity index is 1020. The van der Waals surface area contributed by atoms with Crippen molar-refractivity contribution < 1.29 is 4.74 Å². The van der Waals surface area contributed by atoms with Gasteiger partial charge >= 0.3 is 0 Å². The van der Waals surface area contributed by atoms with Crippen LogP contribution in [-0.4, -0.2) is 12.1 Å². The van der Waals surface area contributed by atoms with Crippen LogP contribution in [0, 0.1) is 0 Å². The van der Waals surface area contributed by atoms with Gasteiger partial charge in [-0.3, -0.25) is 0 Å². The molecule has 25 heavy (non-hydrogen) atoms. The Balaban J connectivity index is 1.86. The molecule has 0 amide bonds. The molecule has 0 spiro atoms. The molecule has 0 aliphatic heterocycles. The van der Waals surface area contributed by atoms with Gasteiger partial charge in [-0.15, -0.1) is 0 Å². The molecule has 3 aromatic carbocycles. The van der Waals surface area contributed by atoms with E-state index in [9.17, 15) is 0 Å². The number of nitrogen functional groups attached to an aromatic ring is 1. The fourth-order valence-corrected chi connectivity index (χ4v) is 3.96. The van der Waals surface area contributed by atoms with E-state index in [1.165, 1.54) is 10.3 Å². The average Bonchev–Trinajstić information content (AvgIpc) is 3.01. The van der Waals surface area contributed by atoms with Crippen molar-refractivity contribution in [3.8, 4) is 17.0 Å². The van der Waals surface area contributed by atoms with Gasteiger partial charge in [-0.1, -0.05) is 48.2 Å². The highest BCUT2D eigenvalue weighted by atomic mass is 32.2. The number of methoxy groups -OCH3 is 1. The molecule has 0 saturated carbocycles. The third-order valence-corrected chi connectivity index (χ3v) is 5.30. The van der Waals surface area contributed by atoms with E-state index in [0.717, 1.165) is 33.1 Å². The van der Waals surface area contributed by atoms with Crippen LogP contribution >= 0.6 is 11.8 Å². The van der Waals surface area contributed by atoms with Gasteiger partial charge in [-0.05, 0) is 36.4 Å². The molecule has 4 aromatic rings. The monoisotopic (exact) mass is 346 g/mol. The summed E-state index contributed by atoms with van der Waals surface area (Å²) < 4.78 is 5.25. The molecule has 3 nitrogen and oxygen atoms in total. The van der Waals surface area contributed by atoms with Gasteiger partial charge in [0, 0.05) is 31.9 Å². The van der Waals surface area contributed by atoms with Crippen LogP contribution in [0.3, 0.4) is 0 Å². The second kappa shape index (κ2) is 6.57. The second-order valence-electron chi connectivity index (χ2n) is 5.74. The lowest BCUT2D eigenvalue weighted by atomic mass is 10.1. The second-order valence-corrected chi connectivity index (χ2v) is 6.82. The van der Waals surface area contributed by atoms with Gasteiger partial charge in [0.15, 0.2) is 0 Å². The Kier molecular flexibility index (Phi) is 4.12. The molecule has 3 N–H and O–H groups in total. The summed E-state index contributed by atoms with van der Waals surface area (Å²) in [6, 6.07) is 24.4. The predicted octanol–water partition coefficient (Wildman–Crippen LogP) is 5.58. The third kappa shape index (κ3) is 2.96. The maximum absolute atomic E-state index is 6.23. The first kappa shape index (κ1) is 15.7. The first-order valence-electron chi connectivity index (χ1n) is 8.04. The molecular formula is C21H18N2OS. The van der Waals surface area contributed by atoms with Crippen LogP contribution in [0.1, 0.15) is 0 Å². The van der Waals surface area contributed by atoms with Crippen molar-refractivity contribution in [2.45, 2.75) is 9.79 Å². The van der Waals surface area contributed by atoms with Crippen molar-refractivity contribution in [3.63, 3.8) is 0 Å². The Morgan fingerprint density at radius 2 is 1.60 bits per heavy atom. The fourth-order valence-electron chi connectivity index (χ4n) is 2.90. The molecular weight excluding hydrogens is 328 g/mol. The number of ether oxygens (including phenoxy) is 1. The van der Waals surface area contributed by atoms with Crippen molar-refractivity contribution >= 4 is 28.4 Å². The minimum Gasteiger partial charge on any atom is -0.497 e. The smallest absolute Gasteiger partial charge is 0.118 e. The maximum atomic E-state index is 6.23. The van der Waals surface area contributed by atoms with E-state index in [1.807, 2.05) is 36.4 Å². The normalized spacial score (nSPS) is 10.9. The van der Waals surface area contributed by atoms with Crippen LogP contribution in [0.4, 0.5) is 5.69 Å². The van der Waals surface area contributed by atoms with Crippen molar-refractivity contribution in [1.82, 2.24) is 4.98 Å². The van der Waals surface area contributed by atoms with Crippen molar-refractivity contribution in [1.29, 1.82) is 0 Å². The van der Waals surface area contributed by atoms with E-state index in [-0.39, 0.29) is 0 Å². The molecule has 1 aromatic heterocycles. The van der Waals surface area contributed by atoms with Gasteiger partial charge in [0.05, 0.1) is 12.8 Å². The zero-order chi connectivity index (χ0) is 17.2. The van der Waals surface area contributed by atoms with Gasteiger partial charge in [-0.25, -0.2) is 0 Å². The standard InChI is InChI=1S/C21H18N2OS/c1-24-14-10-12-15(13-11-14)25-21-17-7-3-5-9-19(17)23-20(21)16-6-2-4-8-18(16)22/h2-13,23H,22H2,1H3. The van der Waals surface area contributed by atoms with E-state index in [1.54, 1.807) is 18.9 Å². The minimum atomic E-state index is 0.769. The summed E-state index contributed by atoms with van der Waals surface area (Å²) in [5, 5.41) is 1.20. The van der Waals surface area contributed by atoms with Crippen molar-refractivity contribution in [3.05, 3.63) is 72.8 Å². The topological polar surface area (TPSA) is 51.0 Å². The highest BCUT2D eigenvalue weighted by Gasteiger charge is 2.16. The Hall–Kier alpha value is -2.85. The molecule has 124 valence electrons. The largest absolute Gasteiger partial charge is 0.497 e. The lowest BCUT2D eigenvalue weighted by Crippen LogP contribution is -1.90. The first-order chi connectivity index (χ1) is 12.3. The van der Waals surface area contributed by atoms with Crippen LogP contribution in [-0.2, 0) is 0 Å². The van der Waals surface area contributed by atoms with Crippen molar-refractivity contribution in [2.24, 2.45) is 0 Å². The van der Waals surface area contributed by atoms with E-state index in [4.69, 9.17) is 10.5 Å². The van der Waals surface area contributed by atoms with E-state index < -0.39 is 0 Å². The van der Waals surface area contributed by atoms with Crippen LogP contribution in [0.25, 0.3) is 22.2 Å². The molecule has 0 saturated heterocycles. The molecule has 0 fully saturated rings. The number of aromatic nitrogens is 1.